The first-order valence-electron chi connectivity index (χ1n) is 4.54. The Hall–Kier alpha value is -1.19. The summed E-state index contributed by atoms with van der Waals surface area (Å²) in [5.74, 6) is 0.154. The number of nitriles is 1. The number of sulfone groups is 1. The predicted octanol–water partition coefficient (Wildman–Crippen LogP) is 1.06. The van der Waals surface area contributed by atoms with Gasteiger partial charge in [-0.1, -0.05) is 0 Å². The Morgan fingerprint density at radius 2 is 2.19 bits per heavy atom. The molecule has 0 unspecified atom stereocenters. The molecule has 1 aromatic heterocycles. The van der Waals surface area contributed by atoms with E-state index in [0.717, 1.165) is 0 Å². The molecule has 5 nitrogen and oxygen atoms in total. The van der Waals surface area contributed by atoms with E-state index in [9.17, 15) is 8.42 Å². The number of alkyl halides is 1. The molecule has 1 rings (SSSR count). The lowest BCUT2D eigenvalue weighted by Gasteiger charge is -2.02. The average molecular weight is 260 g/mol. The molecule has 0 aliphatic carbocycles. The van der Waals surface area contributed by atoms with E-state index < -0.39 is 9.84 Å². The van der Waals surface area contributed by atoms with E-state index in [4.69, 9.17) is 16.9 Å². The molecular weight excluding hydrogens is 250 g/mol. The number of nitrogens with zero attached hydrogens (tertiary/aromatic N) is 3. The highest BCUT2D eigenvalue weighted by atomic mass is 35.5. The number of halogens is 1. The Morgan fingerprint density at radius 1 is 1.50 bits per heavy atom. The van der Waals surface area contributed by atoms with Crippen molar-refractivity contribution in [2.75, 3.05) is 11.6 Å². The topological polar surface area (TPSA) is 83.7 Å². The summed E-state index contributed by atoms with van der Waals surface area (Å²) in [4.78, 5) is 7.49. The first kappa shape index (κ1) is 12.9. The number of hydrogen-bond donors (Lipinski definition) is 0. The lowest BCUT2D eigenvalue weighted by molar-refractivity contribution is 0.584. The fraction of sp³-hybridized carbons (Fsp3) is 0.444. The van der Waals surface area contributed by atoms with Crippen LogP contribution in [0.5, 0.6) is 0 Å². The fourth-order valence-corrected chi connectivity index (χ4v) is 2.59. The largest absolute Gasteiger partial charge is 0.248 e. The van der Waals surface area contributed by atoms with Crippen LogP contribution in [0.25, 0.3) is 0 Å². The van der Waals surface area contributed by atoms with Gasteiger partial charge in [0.05, 0.1) is 5.75 Å². The van der Waals surface area contributed by atoms with Gasteiger partial charge < -0.3 is 0 Å². The van der Waals surface area contributed by atoms with Crippen LogP contribution in [0.1, 0.15) is 17.8 Å². The van der Waals surface area contributed by atoms with Gasteiger partial charge in [-0.2, -0.15) is 5.26 Å². The van der Waals surface area contributed by atoms with Crippen molar-refractivity contribution in [1.82, 2.24) is 9.97 Å². The number of rotatable bonds is 4. The lowest BCUT2D eigenvalue weighted by Crippen LogP contribution is -2.12. The van der Waals surface area contributed by atoms with Crippen LogP contribution in [-0.2, 0) is 9.84 Å². The molecule has 1 aromatic rings. The Bertz CT molecular complexity index is 522. The number of aryl methyl sites for hydroxylation is 1. The van der Waals surface area contributed by atoms with Gasteiger partial charge >= 0.3 is 0 Å². The molecule has 0 spiro atoms. The second-order valence-corrected chi connectivity index (χ2v) is 5.53. The molecule has 0 aliphatic rings. The summed E-state index contributed by atoms with van der Waals surface area (Å²) in [7, 11) is -3.54. The van der Waals surface area contributed by atoms with Crippen molar-refractivity contribution in [3.8, 4) is 6.07 Å². The molecule has 1 heterocycles. The van der Waals surface area contributed by atoms with Gasteiger partial charge in [0.15, 0.2) is 0 Å². The second-order valence-electron chi connectivity index (χ2n) is 3.15. The standard InChI is InChI=1S/C9H10ClN3O2S/c1-7-5-8(6-11)13-9(12-7)16(14,15)4-2-3-10/h5H,2-4H2,1H3. The van der Waals surface area contributed by atoms with Gasteiger partial charge in [0.25, 0.3) is 0 Å². The molecule has 0 atom stereocenters. The minimum absolute atomic E-state index is 0.0527. The highest BCUT2D eigenvalue weighted by molar-refractivity contribution is 7.91. The normalized spacial score (nSPS) is 11.1. The molecule has 0 N–H and O–H groups in total. The van der Waals surface area contributed by atoms with E-state index in [2.05, 4.69) is 9.97 Å². The predicted molar refractivity (Wildman–Crippen MR) is 58.9 cm³/mol. The van der Waals surface area contributed by atoms with E-state index >= 15 is 0 Å². The summed E-state index contributed by atoms with van der Waals surface area (Å²) in [6.45, 7) is 1.61. The molecule has 0 radical (unpaired) electrons. The summed E-state index contributed by atoms with van der Waals surface area (Å²) >= 11 is 5.43. The molecule has 7 heteroatoms. The molecule has 0 saturated carbocycles. The Balaban J connectivity index is 3.14. The van der Waals surface area contributed by atoms with E-state index in [0.29, 0.717) is 12.1 Å². The van der Waals surface area contributed by atoms with E-state index in [-0.39, 0.29) is 22.5 Å². The maximum Gasteiger partial charge on any atom is 0.248 e. The van der Waals surface area contributed by atoms with Crippen LogP contribution < -0.4 is 0 Å². The minimum Gasteiger partial charge on any atom is -0.224 e. The second kappa shape index (κ2) is 5.23. The summed E-state index contributed by atoms with van der Waals surface area (Å²) < 4.78 is 23.4. The van der Waals surface area contributed by atoms with Crippen molar-refractivity contribution in [3.63, 3.8) is 0 Å². The molecule has 0 fully saturated rings. The van der Waals surface area contributed by atoms with Gasteiger partial charge in [-0.25, -0.2) is 18.4 Å². The summed E-state index contributed by atoms with van der Waals surface area (Å²) in [6.07, 6.45) is 0.336. The fourth-order valence-electron chi connectivity index (χ4n) is 1.07. The monoisotopic (exact) mass is 259 g/mol. The molecule has 0 amide bonds. The van der Waals surface area contributed by atoms with Crippen molar-refractivity contribution >= 4 is 21.4 Å². The van der Waals surface area contributed by atoms with E-state index in [1.165, 1.54) is 6.07 Å². The molecule has 16 heavy (non-hydrogen) atoms. The molecule has 0 bridgehead atoms. The zero-order valence-electron chi connectivity index (χ0n) is 8.64. The van der Waals surface area contributed by atoms with Crippen LogP contribution in [0.3, 0.4) is 0 Å². The maximum atomic E-state index is 11.7. The van der Waals surface area contributed by atoms with Crippen molar-refractivity contribution in [1.29, 1.82) is 5.26 Å². The third-order valence-electron chi connectivity index (χ3n) is 1.77. The molecule has 0 aromatic carbocycles. The van der Waals surface area contributed by atoms with Gasteiger partial charge in [-0.05, 0) is 19.4 Å². The smallest absolute Gasteiger partial charge is 0.224 e. The number of hydrogen-bond acceptors (Lipinski definition) is 5. The Morgan fingerprint density at radius 3 is 2.75 bits per heavy atom. The van der Waals surface area contributed by atoms with Gasteiger partial charge in [0, 0.05) is 11.6 Å². The third kappa shape index (κ3) is 3.15. The SMILES string of the molecule is Cc1cc(C#N)nc(S(=O)(=O)CCCCl)n1. The summed E-state index contributed by atoms with van der Waals surface area (Å²) in [5, 5.41) is 8.38. The minimum atomic E-state index is -3.54. The van der Waals surface area contributed by atoms with Gasteiger partial charge in [-0.15, -0.1) is 11.6 Å². The molecular formula is C9H10ClN3O2S. The quantitative estimate of drug-likeness (QED) is 0.596. The molecule has 86 valence electrons. The first-order valence-corrected chi connectivity index (χ1v) is 6.73. The molecule has 0 saturated heterocycles. The Labute approximate surface area is 99.0 Å². The van der Waals surface area contributed by atoms with Crippen molar-refractivity contribution in [3.05, 3.63) is 17.5 Å². The van der Waals surface area contributed by atoms with Crippen LogP contribution in [0.4, 0.5) is 0 Å². The Kier molecular flexibility index (Phi) is 4.21. The highest BCUT2D eigenvalue weighted by Gasteiger charge is 2.18. The van der Waals surface area contributed by atoms with Crippen LogP contribution in [0, 0.1) is 18.3 Å². The van der Waals surface area contributed by atoms with Crippen LogP contribution in [0.2, 0.25) is 0 Å². The zero-order chi connectivity index (χ0) is 12.2. The van der Waals surface area contributed by atoms with Crippen LogP contribution in [0.15, 0.2) is 11.2 Å². The summed E-state index contributed by atoms with van der Waals surface area (Å²) in [6, 6.07) is 3.23. The van der Waals surface area contributed by atoms with Crippen LogP contribution in [-0.4, -0.2) is 30.0 Å². The van der Waals surface area contributed by atoms with Gasteiger partial charge in [0.2, 0.25) is 15.0 Å². The molecule has 0 aliphatic heterocycles. The highest BCUT2D eigenvalue weighted by Crippen LogP contribution is 2.09. The van der Waals surface area contributed by atoms with Crippen molar-refractivity contribution in [2.24, 2.45) is 0 Å². The first-order chi connectivity index (χ1) is 7.49. The third-order valence-corrected chi connectivity index (χ3v) is 3.61. The van der Waals surface area contributed by atoms with E-state index in [1.807, 2.05) is 0 Å². The van der Waals surface area contributed by atoms with Gasteiger partial charge in [-0.3, -0.25) is 0 Å². The van der Waals surface area contributed by atoms with Gasteiger partial charge in [0.1, 0.15) is 11.8 Å². The zero-order valence-corrected chi connectivity index (χ0v) is 10.2. The van der Waals surface area contributed by atoms with Crippen LogP contribution >= 0.6 is 11.6 Å². The lowest BCUT2D eigenvalue weighted by atomic mass is 10.4. The van der Waals surface area contributed by atoms with E-state index in [1.54, 1.807) is 13.0 Å². The average Bonchev–Trinajstić information content (AvgIpc) is 2.25. The summed E-state index contributed by atoms with van der Waals surface area (Å²) in [5.41, 5.74) is 0.507. The van der Waals surface area contributed by atoms with Crippen molar-refractivity contribution < 1.29 is 8.42 Å². The number of aromatic nitrogens is 2. The van der Waals surface area contributed by atoms with Crippen molar-refractivity contribution in [2.45, 2.75) is 18.5 Å². The maximum absolute atomic E-state index is 11.7.